The molecule has 0 saturated heterocycles. The third-order valence-corrected chi connectivity index (χ3v) is 3.98. The van der Waals surface area contributed by atoms with Crippen LogP contribution in [0.1, 0.15) is 10.4 Å². The molecule has 0 saturated carbocycles. The van der Waals surface area contributed by atoms with E-state index in [1.807, 2.05) is 0 Å². The van der Waals surface area contributed by atoms with Gasteiger partial charge in [0, 0.05) is 31.5 Å². The van der Waals surface area contributed by atoms with Crippen LogP contribution in [0.15, 0.2) is 63.4 Å². The van der Waals surface area contributed by atoms with E-state index in [1.54, 1.807) is 12.1 Å². The summed E-state index contributed by atoms with van der Waals surface area (Å²) < 4.78 is 7.23. The summed E-state index contributed by atoms with van der Waals surface area (Å²) in [6.45, 7) is 0.292. The number of carbonyl (C=O) groups is 1. The van der Waals surface area contributed by atoms with Crippen LogP contribution in [-0.2, 0) is 6.54 Å². The first-order chi connectivity index (χ1) is 13.5. The van der Waals surface area contributed by atoms with Crippen molar-refractivity contribution in [1.82, 2.24) is 24.4 Å². The van der Waals surface area contributed by atoms with Gasteiger partial charge in [0.1, 0.15) is 11.3 Å². The number of methoxy groups -OCH3 is 1. The van der Waals surface area contributed by atoms with Crippen LogP contribution >= 0.6 is 0 Å². The van der Waals surface area contributed by atoms with Crippen molar-refractivity contribution in [2.75, 3.05) is 13.7 Å². The Labute approximate surface area is 158 Å². The van der Waals surface area contributed by atoms with Crippen molar-refractivity contribution in [3.8, 4) is 11.4 Å². The maximum Gasteiger partial charge on any atom is 0.333 e. The monoisotopic (exact) mass is 383 g/mol. The molecular weight excluding hydrogens is 366 g/mol. The summed E-state index contributed by atoms with van der Waals surface area (Å²) in [6, 6.07) is 7.56. The van der Waals surface area contributed by atoms with Crippen LogP contribution in [-0.4, -0.2) is 38.7 Å². The average Bonchev–Trinajstić information content (AvgIpc) is 2.70. The van der Waals surface area contributed by atoms with Crippen LogP contribution in [0.3, 0.4) is 0 Å². The van der Waals surface area contributed by atoms with E-state index < -0.39 is 17.2 Å². The number of aromatic nitrogens is 4. The zero-order chi connectivity index (χ0) is 20.1. The Morgan fingerprint density at radius 3 is 2.61 bits per heavy atom. The summed E-state index contributed by atoms with van der Waals surface area (Å²) in [7, 11) is 1.50. The van der Waals surface area contributed by atoms with Crippen LogP contribution in [0, 0.1) is 0 Å². The molecule has 0 aliphatic carbocycles. The SMILES string of the molecule is COc1ccc(-n2c(=O)[nH]cc(C(=O)NCCn3cnccc3=O)c2=O)cc1. The summed E-state index contributed by atoms with van der Waals surface area (Å²) in [5, 5.41) is 2.55. The van der Waals surface area contributed by atoms with E-state index in [-0.39, 0.29) is 24.2 Å². The predicted octanol–water partition coefficient (Wildman–Crippen LogP) is -0.479. The smallest absolute Gasteiger partial charge is 0.333 e. The van der Waals surface area contributed by atoms with Crippen molar-refractivity contribution in [2.24, 2.45) is 0 Å². The summed E-state index contributed by atoms with van der Waals surface area (Å²) in [5.41, 5.74) is -1.62. The fourth-order valence-electron chi connectivity index (χ4n) is 2.53. The molecule has 10 heteroatoms. The third-order valence-electron chi connectivity index (χ3n) is 3.98. The molecule has 2 N–H and O–H groups in total. The number of benzene rings is 1. The molecule has 1 amide bonds. The van der Waals surface area contributed by atoms with Gasteiger partial charge in [0.15, 0.2) is 0 Å². The van der Waals surface area contributed by atoms with Crippen LogP contribution in [0.5, 0.6) is 5.75 Å². The molecule has 3 aromatic rings. The molecular formula is C18H17N5O5. The molecule has 1 aromatic carbocycles. The number of carbonyl (C=O) groups excluding carboxylic acids is 1. The minimum Gasteiger partial charge on any atom is -0.497 e. The summed E-state index contributed by atoms with van der Waals surface area (Å²) in [5.74, 6) is -0.103. The Morgan fingerprint density at radius 2 is 1.93 bits per heavy atom. The quantitative estimate of drug-likeness (QED) is 0.592. The second kappa shape index (κ2) is 8.16. The fraction of sp³-hybridized carbons (Fsp3) is 0.167. The van der Waals surface area contributed by atoms with E-state index in [4.69, 9.17) is 4.74 Å². The second-order valence-corrected chi connectivity index (χ2v) is 5.71. The molecule has 0 aliphatic heterocycles. The van der Waals surface area contributed by atoms with Crippen molar-refractivity contribution in [3.05, 3.63) is 85.8 Å². The highest BCUT2D eigenvalue weighted by molar-refractivity contribution is 5.93. The van der Waals surface area contributed by atoms with Crippen LogP contribution < -0.4 is 26.9 Å². The zero-order valence-corrected chi connectivity index (χ0v) is 14.9. The Hall–Kier alpha value is -3.95. The number of ether oxygens (including phenoxy) is 1. The Kier molecular flexibility index (Phi) is 5.49. The van der Waals surface area contributed by atoms with Gasteiger partial charge in [-0.1, -0.05) is 0 Å². The number of nitrogens with zero attached hydrogens (tertiary/aromatic N) is 3. The Bertz CT molecular complexity index is 1160. The van der Waals surface area contributed by atoms with E-state index in [0.29, 0.717) is 11.4 Å². The lowest BCUT2D eigenvalue weighted by Gasteiger charge is -2.09. The van der Waals surface area contributed by atoms with Gasteiger partial charge in [0.25, 0.3) is 17.0 Å². The Balaban J connectivity index is 1.81. The first kappa shape index (κ1) is 18.8. The highest BCUT2D eigenvalue weighted by atomic mass is 16.5. The number of amides is 1. The molecule has 3 rings (SSSR count). The molecule has 0 spiro atoms. The van der Waals surface area contributed by atoms with Crippen molar-refractivity contribution in [3.63, 3.8) is 0 Å². The lowest BCUT2D eigenvalue weighted by Crippen LogP contribution is -2.40. The first-order valence-corrected chi connectivity index (χ1v) is 8.29. The van der Waals surface area contributed by atoms with E-state index in [1.165, 1.54) is 42.4 Å². The molecule has 144 valence electrons. The standard InChI is InChI=1S/C18H17N5O5/c1-28-13-4-2-12(3-5-13)23-17(26)14(10-21-18(23)27)16(25)20-8-9-22-11-19-7-6-15(22)24/h2-7,10-11H,8-9H2,1H3,(H,20,25)(H,21,27). The number of aromatic amines is 1. The van der Waals surface area contributed by atoms with Gasteiger partial charge >= 0.3 is 5.69 Å². The van der Waals surface area contributed by atoms with E-state index in [0.717, 1.165) is 10.8 Å². The van der Waals surface area contributed by atoms with Crippen LogP contribution in [0.2, 0.25) is 0 Å². The van der Waals surface area contributed by atoms with Crippen LogP contribution in [0.4, 0.5) is 0 Å². The van der Waals surface area contributed by atoms with Crippen LogP contribution in [0.25, 0.3) is 5.69 Å². The van der Waals surface area contributed by atoms with Gasteiger partial charge in [-0.2, -0.15) is 0 Å². The molecule has 0 unspecified atom stereocenters. The maximum atomic E-state index is 12.7. The van der Waals surface area contributed by atoms with Gasteiger partial charge in [0.2, 0.25) is 0 Å². The van der Waals surface area contributed by atoms with Crippen molar-refractivity contribution in [1.29, 1.82) is 0 Å². The molecule has 28 heavy (non-hydrogen) atoms. The number of hydrogen-bond acceptors (Lipinski definition) is 6. The maximum absolute atomic E-state index is 12.7. The second-order valence-electron chi connectivity index (χ2n) is 5.71. The molecule has 2 aromatic heterocycles. The molecule has 0 aliphatic rings. The van der Waals surface area contributed by atoms with Gasteiger partial charge in [-0.3, -0.25) is 19.0 Å². The third kappa shape index (κ3) is 3.90. The Morgan fingerprint density at radius 1 is 1.18 bits per heavy atom. The molecule has 10 nitrogen and oxygen atoms in total. The van der Waals surface area contributed by atoms with Gasteiger partial charge < -0.3 is 15.0 Å². The van der Waals surface area contributed by atoms with E-state index >= 15 is 0 Å². The van der Waals surface area contributed by atoms with E-state index in [9.17, 15) is 19.2 Å². The largest absolute Gasteiger partial charge is 0.497 e. The number of rotatable bonds is 6. The highest BCUT2D eigenvalue weighted by Crippen LogP contribution is 2.12. The zero-order valence-electron chi connectivity index (χ0n) is 14.9. The lowest BCUT2D eigenvalue weighted by molar-refractivity contribution is 0.0949. The summed E-state index contributed by atoms with van der Waals surface area (Å²) >= 11 is 0. The number of H-pyrrole nitrogens is 1. The van der Waals surface area contributed by atoms with E-state index in [2.05, 4.69) is 15.3 Å². The highest BCUT2D eigenvalue weighted by Gasteiger charge is 2.15. The van der Waals surface area contributed by atoms with Crippen molar-refractivity contribution < 1.29 is 9.53 Å². The normalized spacial score (nSPS) is 10.5. The first-order valence-electron chi connectivity index (χ1n) is 8.29. The van der Waals surface area contributed by atoms with Gasteiger partial charge in [-0.15, -0.1) is 0 Å². The fourth-order valence-corrected chi connectivity index (χ4v) is 2.53. The minimum atomic E-state index is -0.759. The minimum absolute atomic E-state index is 0.103. The average molecular weight is 383 g/mol. The van der Waals surface area contributed by atoms with Gasteiger partial charge in [-0.25, -0.2) is 14.3 Å². The molecule has 0 bridgehead atoms. The summed E-state index contributed by atoms with van der Waals surface area (Å²) in [4.78, 5) is 55.0. The predicted molar refractivity (Wildman–Crippen MR) is 100 cm³/mol. The lowest BCUT2D eigenvalue weighted by atomic mass is 10.2. The van der Waals surface area contributed by atoms with Crippen molar-refractivity contribution in [2.45, 2.75) is 6.54 Å². The number of hydrogen-bond donors (Lipinski definition) is 2. The number of nitrogens with one attached hydrogen (secondary N) is 2. The molecule has 0 radical (unpaired) electrons. The summed E-state index contributed by atoms with van der Waals surface area (Å²) in [6.07, 6.45) is 3.79. The molecule has 0 fully saturated rings. The molecule has 2 heterocycles. The molecule has 0 atom stereocenters. The van der Waals surface area contributed by atoms with Gasteiger partial charge in [-0.05, 0) is 24.3 Å². The van der Waals surface area contributed by atoms with Crippen molar-refractivity contribution >= 4 is 5.91 Å². The topological polar surface area (TPSA) is 128 Å². The van der Waals surface area contributed by atoms with Gasteiger partial charge in [0.05, 0.1) is 19.1 Å².